The summed E-state index contributed by atoms with van der Waals surface area (Å²) >= 11 is 6.02. The lowest BCUT2D eigenvalue weighted by Crippen LogP contribution is -2.09. The second-order valence-electron chi connectivity index (χ2n) is 5.00. The van der Waals surface area contributed by atoms with Gasteiger partial charge in [-0.2, -0.15) is 0 Å². The Balaban J connectivity index is 2.07. The van der Waals surface area contributed by atoms with Crippen LogP contribution in [0.15, 0.2) is 18.2 Å². The van der Waals surface area contributed by atoms with Gasteiger partial charge in [0, 0.05) is 18.0 Å². The number of fused-ring (bicyclic) bond motifs is 1. The first-order valence-electron chi connectivity index (χ1n) is 6.37. The molecular formula is C14H17ClN2. The Morgan fingerprint density at radius 3 is 2.76 bits per heavy atom. The van der Waals surface area contributed by atoms with Gasteiger partial charge in [0.25, 0.3) is 0 Å². The highest BCUT2D eigenvalue weighted by Crippen LogP contribution is 2.33. The molecule has 1 aromatic heterocycles. The van der Waals surface area contributed by atoms with Gasteiger partial charge in [-0.15, -0.1) is 0 Å². The maximum Gasteiger partial charge on any atom is 0.112 e. The van der Waals surface area contributed by atoms with Crippen LogP contribution in [0.4, 0.5) is 0 Å². The van der Waals surface area contributed by atoms with E-state index in [0.717, 1.165) is 10.5 Å². The summed E-state index contributed by atoms with van der Waals surface area (Å²) in [6.07, 6.45) is 6.63. The van der Waals surface area contributed by atoms with Crippen molar-refractivity contribution in [3.05, 3.63) is 29.0 Å². The maximum absolute atomic E-state index is 6.02. The van der Waals surface area contributed by atoms with Crippen LogP contribution in [0.2, 0.25) is 5.02 Å². The number of aryl methyl sites for hydroxylation is 1. The van der Waals surface area contributed by atoms with Gasteiger partial charge in [0.15, 0.2) is 0 Å². The van der Waals surface area contributed by atoms with Crippen molar-refractivity contribution in [1.82, 2.24) is 9.55 Å². The van der Waals surface area contributed by atoms with Crippen LogP contribution in [0, 0.1) is 0 Å². The molecule has 2 nitrogen and oxygen atoms in total. The zero-order chi connectivity index (χ0) is 11.8. The molecule has 90 valence electrons. The van der Waals surface area contributed by atoms with E-state index in [2.05, 4.69) is 17.7 Å². The van der Waals surface area contributed by atoms with E-state index in [1.54, 1.807) is 0 Å². The summed E-state index contributed by atoms with van der Waals surface area (Å²) in [4.78, 5) is 4.78. The Morgan fingerprint density at radius 2 is 2.00 bits per heavy atom. The highest BCUT2D eigenvalue weighted by molar-refractivity contribution is 6.31. The first-order chi connectivity index (χ1) is 8.25. The summed E-state index contributed by atoms with van der Waals surface area (Å²) in [5.41, 5.74) is 2.22. The largest absolute Gasteiger partial charge is 0.331 e. The van der Waals surface area contributed by atoms with Gasteiger partial charge in [-0.25, -0.2) is 4.98 Å². The fourth-order valence-corrected chi connectivity index (χ4v) is 3.08. The predicted octanol–water partition coefficient (Wildman–Crippen LogP) is 4.27. The standard InChI is InChI=1S/C14H17ClN2/c1-17-13-8-7-11(15)9-12(13)16-14(17)10-5-3-2-4-6-10/h7-10H,2-6H2,1H3. The minimum atomic E-state index is 0.639. The van der Waals surface area contributed by atoms with Crippen LogP contribution in [0.3, 0.4) is 0 Å². The average Bonchev–Trinajstić information content (AvgIpc) is 2.67. The lowest BCUT2D eigenvalue weighted by Gasteiger charge is -2.20. The van der Waals surface area contributed by atoms with Gasteiger partial charge in [0.1, 0.15) is 5.82 Å². The molecule has 0 bridgehead atoms. The maximum atomic E-state index is 6.02. The van der Waals surface area contributed by atoms with Crippen LogP contribution in [0.5, 0.6) is 0 Å². The van der Waals surface area contributed by atoms with Gasteiger partial charge in [-0.05, 0) is 31.0 Å². The summed E-state index contributed by atoms with van der Waals surface area (Å²) in [5, 5.41) is 0.769. The molecule has 1 fully saturated rings. The van der Waals surface area contributed by atoms with Gasteiger partial charge in [-0.3, -0.25) is 0 Å². The van der Waals surface area contributed by atoms with Crippen molar-refractivity contribution in [3.8, 4) is 0 Å². The molecule has 17 heavy (non-hydrogen) atoms. The van der Waals surface area contributed by atoms with Crippen molar-refractivity contribution in [2.75, 3.05) is 0 Å². The molecule has 3 heteroatoms. The SMILES string of the molecule is Cn1c(C2CCCCC2)nc2cc(Cl)ccc21. The number of aromatic nitrogens is 2. The Morgan fingerprint density at radius 1 is 1.24 bits per heavy atom. The molecule has 1 aliphatic carbocycles. The minimum Gasteiger partial charge on any atom is -0.331 e. The summed E-state index contributed by atoms with van der Waals surface area (Å²) < 4.78 is 2.24. The number of halogens is 1. The Kier molecular flexibility index (Phi) is 2.83. The molecule has 1 aliphatic rings. The van der Waals surface area contributed by atoms with Crippen LogP contribution in [-0.4, -0.2) is 9.55 Å². The number of benzene rings is 1. The first-order valence-corrected chi connectivity index (χ1v) is 6.75. The molecule has 0 unspecified atom stereocenters. The van der Waals surface area contributed by atoms with E-state index in [-0.39, 0.29) is 0 Å². The third kappa shape index (κ3) is 1.95. The molecule has 3 rings (SSSR count). The van der Waals surface area contributed by atoms with Crippen LogP contribution >= 0.6 is 11.6 Å². The molecule has 0 saturated heterocycles. The molecule has 0 aliphatic heterocycles. The van der Waals surface area contributed by atoms with E-state index in [1.807, 2.05) is 12.1 Å². The number of nitrogens with zero attached hydrogens (tertiary/aromatic N) is 2. The quantitative estimate of drug-likeness (QED) is 0.737. The van der Waals surface area contributed by atoms with Gasteiger partial charge < -0.3 is 4.57 Å². The van der Waals surface area contributed by atoms with Crippen LogP contribution in [-0.2, 0) is 7.05 Å². The minimum absolute atomic E-state index is 0.639. The van der Waals surface area contributed by atoms with Gasteiger partial charge in [-0.1, -0.05) is 30.9 Å². The van der Waals surface area contributed by atoms with Gasteiger partial charge in [0.2, 0.25) is 0 Å². The normalized spacial score (nSPS) is 17.8. The van der Waals surface area contributed by atoms with Crippen molar-refractivity contribution in [2.24, 2.45) is 7.05 Å². The smallest absolute Gasteiger partial charge is 0.112 e. The summed E-state index contributed by atoms with van der Waals surface area (Å²) in [5.74, 6) is 1.88. The summed E-state index contributed by atoms with van der Waals surface area (Å²) in [6.45, 7) is 0. The molecule has 0 spiro atoms. The first kappa shape index (κ1) is 11.1. The lowest BCUT2D eigenvalue weighted by molar-refractivity contribution is 0.423. The van der Waals surface area contributed by atoms with E-state index in [9.17, 15) is 0 Å². The second-order valence-corrected chi connectivity index (χ2v) is 5.43. The van der Waals surface area contributed by atoms with E-state index >= 15 is 0 Å². The van der Waals surface area contributed by atoms with Crippen molar-refractivity contribution in [1.29, 1.82) is 0 Å². The number of imidazole rings is 1. The third-order valence-electron chi connectivity index (χ3n) is 3.85. The van der Waals surface area contributed by atoms with E-state index in [4.69, 9.17) is 16.6 Å². The fraction of sp³-hybridized carbons (Fsp3) is 0.500. The van der Waals surface area contributed by atoms with Crippen molar-refractivity contribution < 1.29 is 0 Å². The lowest BCUT2D eigenvalue weighted by atomic mass is 9.89. The molecule has 0 amide bonds. The zero-order valence-corrected chi connectivity index (χ0v) is 10.9. The van der Waals surface area contributed by atoms with Crippen molar-refractivity contribution >= 4 is 22.6 Å². The molecule has 2 aromatic rings. The zero-order valence-electron chi connectivity index (χ0n) is 10.1. The topological polar surface area (TPSA) is 17.8 Å². The molecular weight excluding hydrogens is 232 g/mol. The van der Waals surface area contributed by atoms with Crippen LogP contribution in [0.25, 0.3) is 11.0 Å². The van der Waals surface area contributed by atoms with E-state index < -0.39 is 0 Å². The highest BCUT2D eigenvalue weighted by Gasteiger charge is 2.20. The van der Waals surface area contributed by atoms with E-state index in [1.165, 1.54) is 43.4 Å². The second kappa shape index (κ2) is 4.34. The Hall–Kier alpha value is -1.02. The molecule has 0 atom stereocenters. The molecule has 0 radical (unpaired) electrons. The number of hydrogen-bond acceptors (Lipinski definition) is 1. The molecule has 1 heterocycles. The molecule has 1 saturated carbocycles. The van der Waals surface area contributed by atoms with Crippen LogP contribution < -0.4 is 0 Å². The average molecular weight is 249 g/mol. The Labute approximate surface area is 107 Å². The van der Waals surface area contributed by atoms with Gasteiger partial charge >= 0.3 is 0 Å². The predicted molar refractivity (Wildman–Crippen MR) is 71.6 cm³/mol. The molecule has 1 aromatic carbocycles. The van der Waals surface area contributed by atoms with Gasteiger partial charge in [0.05, 0.1) is 11.0 Å². The highest BCUT2D eigenvalue weighted by atomic mass is 35.5. The number of rotatable bonds is 1. The summed E-state index contributed by atoms with van der Waals surface area (Å²) in [7, 11) is 2.12. The molecule has 0 N–H and O–H groups in total. The van der Waals surface area contributed by atoms with Crippen molar-refractivity contribution in [2.45, 2.75) is 38.0 Å². The van der Waals surface area contributed by atoms with Crippen molar-refractivity contribution in [3.63, 3.8) is 0 Å². The fourth-order valence-electron chi connectivity index (χ4n) is 2.92. The Bertz CT molecular complexity index is 538. The monoisotopic (exact) mass is 248 g/mol. The number of hydrogen-bond donors (Lipinski definition) is 0. The van der Waals surface area contributed by atoms with Crippen LogP contribution in [0.1, 0.15) is 43.8 Å². The summed E-state index contributed by atoms with van der Waals surface area (Å²) in [6, 6.07) is 5.97. The van der Waals surface area contributed by atoms with E-state index in [0.29, 0.717) is 5.92 Å². The third-order valence-corrected chi connectivity index (χ3v) is 4.08.